The summed E-state index contributed by atoms with van der Waals surface area (Å²) in [5, 5.41) is 11.7. The average Bonchev–Trinajstić information content (AvgIpc) is 2.25. The van der Waals surface area contributed by atoms with E-state index in [-0.39, 0.29) is 5.69 Å². The van der Waals surface area contributed by atoms with Crippen LogP contribution in [0, 0.1) is 0 Å². The summed E-state index contributed by atoms with van der Waals surface area (Å²) in [6.45, 7) is 0.898. The van der Waals surface area contributed by atoms with Gasteiger partial charge < -0.3 is 10.4 Å². The van der Waals surface area contributed by atoms with Gasteiger partial charge in [-0.05, 0) is 38.2 Å². The number of nitrogens with one attached hydrogen (secondary N) is 1. The third-order valence-electron chi connectivity index (χ3n) is 1.84. The summed E-state index contributed by atoms with van der Waals surface area (Å²) >= 11 is 0. The highest BCUT2D eigenvalue weighted by molar-refractivity contribution is 5.85. The Morgan fingerprint density at radius 2 is 2.40 bits per heavy atom. The molecule has 0 aliphatic rings. The Balaban J connectivity index is 2.65. The van der Waals surface area contributed by atoms with Crippen LogP contribution in [0.25, 0.3) is 6.08 Å². The third-order valence-corrected chi connectivity index (χ3v) is 1.84. The van der Waals surface area contributed by atoms with Gasteiger partial charge in [-0.1, -0.05) is 12.1 Å². The van der Waals surface area contributed by atoms with Gasteiger partial charge in [0.15, 0.2) is 0 Å². The Bertz CT molecular complexity index is 361. The van der Waals surface area contributed by atoms with Crippen molar-refractivity contribution in [1.82, 2.24) is 10.3 Å². The van der Waals surface area contributed by atoms with E-state index in [4.69, 9.17) is 5.11 Å². The smallest absolute Gasteiger partial charge is 0.354 e. The summed E-state index contributed by atoms with van der Waals surface area (Å²) in [5.41, 5.74) is 0.747. The van der Waals surface area contributed by atoms with Crippen molar-refractivity contribution >= 4 is 12.0 Å². The lowest BCUT2D eigenvalue weighted by Gasteiger charge is -1.96. The first-order chi connectivity index (χ1) is 7.24. The van der Waals surface area contributed by atoms with Gasteiger partial charge in [0.25, 0.3) is 0 Å². The molecule has 0 saturated carbocycles. The number of carboxylic acids is 1. The maximum Gasteiger partial charge on any atom is 0.354 e. The first-order valence-corrected chi connectivity index (χ1v) is 4.75. The molecule has 1 rings (SSSR count). The Hall–Kier alpha value is -1.68. The summed E-state index contributed by atoms with van der Waals surface area (Å²) in [6, 6.07) is 4.95. The van der Waals surface area contributed by atoms with Crippen LogP contribution >= 0.6 is 0 Å². The molecule has 1 aromatic rings. The lowest BCUT2D eigenvalue weighted by molar-refractivity contribution is 0.0690. The Morgan fingerprint density at radius 1 is 1.60 bits per heavy atom. The summed E-state index contributed by atoms with van der Waals surface area (Å²) in [5.74, 6) is -1.000. The van der Waals surface area contributed by atoms with E-state index >= 15 is 0 Å². The van der Waals surface area contributed by atoms with Crippen molar-refractivity contribution in [3.63, 3.8) is 0 Å². The van der Waals surface area contributed by atoms with E-state index < -0.39 is 5.97 Å². The Kier molecular flexibility index (Phi) is 4.50. The predicted octanol–water partition coefficient (Wildman–Crippen LogP) is 1.40. The van der Waals surface area contributed by atoms with Gasteiger partial charge in [0, 0.05) is 0 Å². The predicted molar refractivity (Wildman–Crippen MR) is 58.8 cm³/mol. The van der Waals surface area contributed by atoms with Gasteiger partial charge in [-0.3, -0.25) is 0 Å². The van der Waals surface area contributed by atoms with E-state index in [1.54, 1.807) is 12.1 Å². The maximum absolute atomic E-state index is 10.6. The van der Waals surface area contributed by atoms with E-state index in [2.05, 4.69) is 10.3 Å². The molecular formula is C11H14N2O2. The molecule has 1 heterocycles. The molecule has 4 nitrogen and oxygen atoms in total. The summed E-state index contributed by atoms with van der Waals surface area (Å²) in [4.78, 5) is 14.6. The van der Waals surface area contributed by atoms with Gasteiger partial charge in [0.05, 0.1) is 5.69 Å². The van der Waals surface area contributed by atoms with Crippen molar-refractivity contribution in [1.29, 1.82) is 0 Å². The average molecular weight is 206 g/mol. The summed E-state index contributed by atoms with van der Waals surface area (Å²) < 4.78 is 0. The molecule has 4 heteroatoms. The van der Waals surface area contributed by atoms with Crippen LogP contribution in [0.4, 0.5) is 0 Å². The largest absolute Gasteiger partial charge is 0.477 e. The van der Waals surface area contributed by atoms with Crippen molar-refractivity contribution in [2.45, 2.75) is 6.42 Å². The number of aromatic carboxylic acids is 1. The summed E-state index contributed by atoms with van der Waals surface area (Å²) in [6.07, 6.45) is 4.68. The third kappa shape index (κ3) is 3.91. The molecule has 2 N–H and O–H groups in total. The Morgan fingerprint density at radius 3 is 3.07 bits per heavy atom. The molecule has 0 radical (unpaired) electrons. The molecule has 0 amide bonds. The van der Waals surface area contributed by atoms with Crippen LogP contribution < -0.4 is 5.32 Å². The van der Waals surface area contributed by atoms with Gasteiger partial charge in [0.2, 0.25) is 0 Å². The lowest BCUT2D eigenvalue weighted by Crippen LogP contribution is -2.05. The Labute approximate surface area is 88.7 Å². The minimum absolute atomic E-state index is 0.0748. The van der Waals surface area contributed by atoms with Crippen molar-refractivity contribution in [2.24, 2.45) is 0 Å². The normalized spacial score (nSPS) is 10.7. The van der Waals surface area contributed by atoms with Crippen LogP contribution in [0.15, 0.2) is 24.3 Å². The van der Waals surface area contributed by atoms with Crippen LogP contribution in [0.5, 0.6) is 0 Å². The second-order valence-electron chi connectivity index (χ2n) is 3.05. The van der Waals surface area contributed by atoms with E-state index in [1.165, 1.54) is 6.07 Å². The number of hydrogen-bond acceptors (Lipinski definition) is 3. The van der Waals surface area contributed by atoms with Crippen LogP contribution in [0.2, 0.25) is 0 Å². The number of rotatable bonds is 5. The van der Waals surface area contributed by atoms with Crippen LogP contribution in [-0.2, 0) is 0 Å². The fraction of sp³-hybridized carbons (Fsp3) is 0.273. The van der Waals surface area contributed by atoms with Crippen LogP contribution in [-0.4, -0.2) is 29.7 Å². The monoisotopic (exact) mass is 206 g/mol. The molecule has 0 unspecified atom stereocenters. The first-order valence-electron chi connectivity index (χ1n) is 4.75. The van der Waals surface area contributed by atoms with Gasteiger partial charge >= 0.3 is 5.97 Å². The fourth-order valence-corrected chi connectivity index (χ4v) is 1.10. The SMILES string of the molecule is CNCCC=Cc1cccc(C(=O)O)n1. The molecule has 0 spiro atoms. The fourth-order valence-electron chi connectivity index (χ4n) is 1.10. The molecule has 1 aromatic heterocycles. The topological polar surface area (TPSA) is 62.2 Å². The van der Waals surface area contributed by atoms with Crippen molar-refractivity contribution in [3.05, 3.63) is 35.7 Å². The minimum Gasteiger partial charge on any atom is -0.477 e. The highest BCUT2D eigenvalue weighted by Gasteiger charge is 2.02. The minimum atomic E-state index is -1.000. The van der Waals surface area contributed by atoms with E-state index in [0.29, 0.717) is 5.69 Å². The highest BCUT2D eigenvalue weighted by Crippen LogP contribution is 2.02. The standard InChI is InChI=1S/C11H14N2O2/c1-12-8-3-2-5-9-6-4-7-10(13-9)11(14)15/h2,4-7,12H,3,8H2,1H3,(H,14,15). The second kappa shape index (κ2) is 5.93. The van der Waals surface area contributed by atoms with Gasteiger partial charge in [-0.25, -0.2) is 9.78 Å². The lowest BCUT2D eigenvalue weighted by atomic mass is 10.2. The van der Waals surface area contributed by atoms with E-state index in [0.717, 1.165) is 13.0 Å². The van der Waals surface area contributed by atoms with Gasteiger partial charge in [-0.15, -0.1) is 0 Å². The van der Waals surface area contributed by atoms with E-state index in [1.807, 2.05) is 19.2 Å². The highest BCUT2D eigenvalue weighted by atomic mass is 16.4. The molecule has 0 aliphatic carbocycles. The second-order valence-corrected chi connectivity index (χ2v) is 3.05. The van der Waals surface area contributed by atoms with Crippen molar-refractivity contribution in [3.8, 4) is 0 Å². The number of carbonyl (C=O) groups is 1. The molecule has 0 saturated heterocycles. The number of carboxylic acid groups (broad SMARTS) is 1. The number of pyridine rings is 1. The van der Waals surface area contributed by atoms with E-state index in [9.17, 15) is 4.79 Å². The van der Waals surface area contributed by atoms with Crippen molar-refractivity contribution < 1.29 is 9.90 Å². The van der Waals surface area contributed by atoms with Crippen molar-refractivity contribution in [2.75, 3.05) is 13.6 Å². The van der Waals surface area contributed by atoms with Gasteiger partial charge in [-0.2, -0.15) is 0 Å². The molecule has 15 heavy (non-hydrogen) atoms. The number of aromatic nitrogens is 1. The molecule has 80 valence electrons. The summed E-state index contributed by atoms with van der Waals surface area (Å²) in [7, 11) is 1.89. The van der Waals surface area contributed by atoms with Crippen LogP contribution in [0.3, 0.4) is 0 Å². The van der Waals surface area contributed by atoms with Gasteiger partial charge in [0.1, 0.15) is 5.69 Å². The molecule has 0 aromatic carbocycles. The molecule has 0 aliphatic heterocycles. The number of hydrogen-bond donors (Lipinski definition) is 2. The quantitative estimate of drug-likeness (QED) is 0.715. The zero-order chi connectivity index (χ0) is 11.1. The zero-order valence-electron chi connectivity index (χ0n) is 8.60. The first kappa shape index (κ1) is 11.4. The molecule has 0 fully saturated rings. The van der Waals surface area contributed by atoms with Crippen LogP contribution in [0.1, 0.15) is 22.6 Å². The molecular weight excluding hydrogens is 192 g/mol. The number of nitrogens with zero attached hydrogens (tertiary/aromatic N) is 1. The molecule has 0 bridgehead atoms. The zero-order valence-corrected chi connectivity index (χ0v) is 8.60. The molecule has 0 atom stereocenters. The maximum atomic E-state index is 10.6.